The Morgan fingerprint density at radius 3 is 2.88 bits per heavy atom. The molecule has 0 radical (unpaired) electrons. The van der Waals surface area contributed by atoms with Gasteiger partial charge in [-0.2, -0.15) is 0 Å². The standard InChI is InChI=1S/C12H15BrO2S/c13-10-5-6-16-12(10)11(14)8-15-7-9-3-1-2-4-9/h5-6,9H,1-4,7-8H2. The third-order valence-electron chi connectivity index (χ3n) is 2.93. The van der Waals surface area contributed by atoms with E-state index in [1.807, 2.05) is 11.4 Å². The highest BCUT2D eigenvalue weighted by atomic mass is 79.9. The van der Waals surface area contributed by atoms with E-state index in [0.29, 0.717) is 5.92 Å². The van der Waals surface area contributed by atoms with Crippen LogP contribution in [0.3, 0.4) is 0 Å². The van der Waals surface area contributed by atoms with Crippen LogP contribution in [0.1, 0.15) is 35.4 Å². The van der Waals surface area contributed by atoms with Crippen molar-refractivity contribution in [3.8, 4) is 0 Å². The molecule has 1 heterocycles. The molecule has 4 heteroatoms. The first-order valence-corrected chi connectivity index (χ1v) is 7.28. The van der Waals surface area contributed by atoms with E-state index in [0.717, 1.165) is 16.0 Å². The molecule has 0 amide bonds. The first-order valence-electron chi connectivity index (χ1n) is 5.61. The lowest BCUT2D eigenvalue weighted by Gasteiger charge is -2.08. The maximum Gasteiger partial charge on any atom is 0.199 e. The predicted molar refractivity (Wildman–Crippen MR) is 69.1 cm³/mol. The molecule has 0 N–H and O–H groups in total. The molecule has 0 unspecified atom stereocenters. The number of carbonyl (C=O) groups is 1. The molecule has 1 aliphatic rings. The van der Waals surface area contributed by atoms with Gasteiger partial charge in [-0.15, -0.1) is 11.3 Å². The van der Waals surface area contributed by atoms with Crippen LogP contribution in [0.4, 0.5) is 0 Å². The molecule has 0 atom stereocenters. The monoisotopic (exact) mass is 302 g/mol. The summed E-state index contributed by atoms with van der Waals surface area (Å²) in [5.74, 6) is 0.763. The van der Waals surface area contributed by atoms with Crippen molar-refractivity contribution in [1.29, 1.82) is 0 Å². The van der Waals surface area contributed by atoms with Gasteiger partial charge in [0.25, 0.3) is 0 Å². The molecule has 1 fully saturated rings. The average Bonchev–Trinajstić information content (AvgIpc) is 2.88. The molecular formula is C12H15BrO2S. The highest BCUT2D eigenvalue weighted by Gasteiger charge is 2.16. The molecule has 0 aliphatic heterocycles. The molecule has 0 spiro atoms. The molecule has 1 aliphatic carbocycles. The molecule has 2 nitrogen and oxygen atoms in total. The summed E-state index contributed by atoms with van der Waals surface area (Å²) in [7, 11) is 0. The highest BCUT2D eigenvalue weighted by molar-refractivity contribution is 9.10. The number of thiophene rings is 1. The van der Waals surface area contributed by atoms with Gasteiger partial charge in [-0.1, -0.05) is 12.8 Å². The molecule has 0 saturated heterocycles. The van der Waals surface area contributed by atoms with Crippen molar-refractivity contribution >= 4 is 33.0 Å². The molecule has 1 saturated carbocycles. The van der Waals surface area contributed by atoms with Crippen LogP contribution in [0.25, 0.3) is 0 Å². The zero-order chi connectivity index (χ0) is 11.4. The van der Waals surface area contributed by atoms with Crippen LogP contribution in [0.2, 0.25) is 0 Å². The molecular weight excluding hydrogens is 288 g/mol. The van der Waals surface area contributed by atoms with Crippen LogP contribution in [-0.4, -0.2) is 19.0 Å². The van der Waals surface area contributed by atoms with Crippen LogP contribution in [0.15, 0.2) is 15.9 Å². The molecule has 1 aromatic heterocycles. The van der Waals surface area contributed by atoms with Crippen LogP contribution in [-0.2, 0) is 4.74 Å². The van der Waals surface area contributed by atoms with Crippen LogP contribution < -0.4 is 0 Å². The van der Waals surface area contributed by atoms with Crippen molar-refractivity contribution in [2.45, 2.75) is 25.7 Å². The summed E-state index contributed by atoms with van der Waals surface area (Å²) in [6.07, 6.45) is 5.16. The molecule has 1 aromatic rings. The lowest BCUT2D eigenvalue weighted by Crippen LogP contribution is -2.12. The van der Waals surface area contributed by atoms with Gasteiger partial charge in [0.15, 0.2) is 5.78 Å². The van der Waals surface area contributed by atoms with E-state index in [9.17, 15) is 4.79 Å². The highest BCUT2D eigenvalue weighted by Crippen LogP contribution is 2.25. The Morgan fingerprint density at radius 2 is 2.25 bits per heavy atom. The average molecular weight is 303 g/mol. The fraction of sp³-hybridized carbons (Fsp3) is 0.583. The fourth-order valence-electron chi connectivity index (χ4n) is 2.05. The number of Topliss-reactive ketones (excluding diaryl/α,β-unsaturated/α-hetero) is 1. The number of rotatable bonds is 5. The van der Waals surface area contributed by atoms with Crippen LogP contribution in [0, 0.1) is 5.92 Å². The fourth-order valence-corrected chi connectivity index (χ4v) is 3.57. The van der Waals surface area contributed by atoms with Gasteiger partial charge in [-0.05, 0) is 46.1 Å². The zero-order valence-electron chi connectivity index (χ0n) is 9.08. The first kappa shape index (κ1) is 12.3. The van der Waals surface area contributed by atoms with Crippen LogP contribution in [0.5, 0.6) is 0 Å². The first-order chi connectivity index (χ1) is 7.77. The number of carbonyl (C=O) groups excluding carboxylic acids is 1. The summed E-state index contributed by atoms with van der Waals surface area (Å²) < 4.78 is 6.38. The third-order valence-corrected chi connectivity index (χ3v) is 4.81. The van der Waals surface area contributed by atoms with Crippen molar-refractivity contribution < 1.29 is 9.53 Å². The van der Waals surface area contributed by atoms with E-state index in [-0.39, 0.29) is 12.4 Å². The summed E-state index contributed by atoms with van der Waals surface area (Å²) >= 11 is 4.82. The van der Waals surface area contributed by atoms with E-state index in [4.69, 9.17) is 4.74 Å². The second-order valence-electron chi connectivity index (χ2n) is 4.19. The lowest BCUT2D eigenvalue weighted by atomic mass is 10.1. The molecule has 88 valence electrons. The van der Waals surface area contributed by atoms with E-state index >= 15 is 0 Å². The summed E-state index contributed by atoms with van der Waals surface area (Å²) in [6.45, 7) is 0.963. The minimum absolute atomic E-state index is 0.0832. The minimum Gasteiger partial charge on any atom is -0.373 e. The second-order valence-corrected chi connectivity index (χ2v) is 5.96. The van der Waals surface area contributed by atoms with Gasteiger partial charge < -0.3 is 4.74 Å². The number of halogens is 1. The van der Waals surface area contributed by atoms with Gasteiger partial charge in [0.2, 0.25) is 0 Å². The summed E-state index contributed by atoms with van der Waals surface area (Å²) in [5, 5.41) is 1.91. The van der Waals surface area contributed by atoms with E-state index < -0.39 is 0 Å². The molecule has 0 aromatic carbocycles. The number of ether oxygens (including phenoxy) is 1. The van der Waals surface area contributed by atoms with Gasteiger partial charge >= 0.3 is 0 Å². The lowest BCUT2D eigenvalue weighted by molar-refractivity contribution is 0.0684. The van der Waals surface area contributed by atoms with E-state index in [1.165, 1.54) is 37.0 Å². The normalized spacial score (nSPS) is 16.8. The topological polar surface area (TPSA) is 26.3 Å². The van der Waals surface area contributed by atoms with Gasteiger partial charge in [-0.25, -0.2) is 0 Å². The second kappa shape index (κ2) is 5.94. The maximum atomic E-state index is 11.8. The van der Waals surface area contributed by atoms with E-state index in [2.05, 4.69) is 15.9 Å². The largest absolute Gasteiger partial charge is 0.373 e. The smallest absolute Gasteiger partial charge is 0.199 e. The maximum absolute atomic E-state index is 11.8. The Hall–Kier alpha value is -0.190. The van der Waals surface area contributed by atoms with Gasteiger partial charge in [0.05, 0.1) is 11.5 Å². The Balaban J connectivity index is 1.73. The number of hydrogen-bond donors (Lipinski definition) is 0. The number of ketones is 1. The quantitative estimate of drug-likeness (QED) is 0.771. The molecule has 0 bridgehead atoms. The van der Waals surface area contributed by atoms with Crippen LogP contribution >= 0.6 is 27.3 Å². The SMILES string of the molecule is O=C(COCC1CCCC1)c1sccc1Br. The van der Waals surface area contributed by atoms with Gasteiger partial charge in [-0.3, -0.25) is 4.79 Å². The molecule has 2 rings (SSSR count). The van der Waals surface area contributed by atoms with Crippen molar-refractivity contribution in [3.63, 3.8) is 0 Å². The number of hydrogen-bond acceptors (Lipinski definition) is 3. The Morgan fingerprint density at radius 1 is 1.50 bits per heavy atom. The Kier molecular flexibility index (Phi) is 4.55. The van der Waals surface area contributed by atoms with Crippen molar-refractivity contribution in [1.82, 2.24) is 0 Å². The summed E-state index contributed by atoms with van der Waals surface area (Å²) in [4.78, 5) is 12.5. The summed E-state index contributed by atoms with van der Waals surface area (Å²) in [6, 6.07) is 1.90. The van der Waals surface area contributed by atoms with Gasteiger partial charge in [0.1, 0.15) is 6.61 Å². The third kappa shape index (κ3) is 3.15. The van der Waals surface area contributed by atoms with E-state index in [1.54, 1.807) is 0 Å². The molecule has 16 heavy (non-hydrogen) atoms. The summed E-state index contributed by atoms with van der Waals surface area (Å²) in [5.41, 5.74) is 0. The zero-order valence-corrected chi connectivity index (χ0v) is 11.5. The van der Waals surface area contributed by atoms with Crippen molar-refractivity contribution in [3.05, 3.63) is 20.8 Å². The van der Waals surface area contributed by atoms with Crippen molar-refractivity contribution in [2.24, 2.45) is 5.92 Å². The predicted octanol–water partition coefficient (Wildman–Crippen LogP) is 3.90. The Labute approximate surface area is 108 Å². The Bertz CT molecular complexity index is 356. The van der Waals surface area contributed by atoms with Gasteiger partial charge in [0, 0.05) is 4.47 Å². The minimum atomic E-state index is 0.0832. The van der Waals surface area contributed by atoms with Crippen molar-refractivity contribution in [2.75, 3.05) is 13.2 Å².